The van der Waals surface area contributed by atoms with E-state index in [1.807, 2.05) is 0 Å². The first kappa shape index (κ1) is 20.1. The summed E-state index contributed by atoms with van der Waals surface area (Å²) in [4.78, 5) is 14.4. The molecule has 7 nitrogen and oxygen atoms in total. The van der Waals surface area contributed by atoms with Crippen LogP contribution in [-0.4, -0.2) is 51.5 Å². The van der Waals surface area contributed by atoms with Crippen molar-refractivity contribution in [1.82, 2.24) is 20.1 Å². The Bertz CT molecular complexity index is 1160. The summed E-state index contributed by atoms with van der Waals surface area (Å²) in [7, 11) is 0. The Hall–Kier alpha value is -3.82. The van der Waals surface area contributed by atoms with E-state index in [1.165, 1.54) is 34.3 Å². The first-order valence-electron chi connectivity index (χ1n) is 10.0. The third-order valence-corrected chi connectivity index (χ3v) is 5.45. The van der Waals surface area contributed by atoms with Gasteiger partial charge in [-0.15, -0.1) is 0 Å². The van der Waals surface area contributed by atoms with Gasteiger partial charge in [0.1, 0.15) is 17.7 Å². The van der Waals surface area contributed by atoms with Gasteiger partial charge in [-0.1, -0.05) is 0 Å². The third-order valence-electron chi connectivity index (χ3n) is 5.45. The number of nitrogens with zero attached hydrogens (tertiary/aromatic N) is 4. The second-order valence-electron chi connectivity index (χ2n) is 7.64. The molecule has 0 saturated carbocycles. The molecule has 1 unspecified atom stereocenters. The number of benzene rings is 2. The molecule has 2 aliphatic heterocycles. The number of aromatic amines is 1. The minimum absolute atomic E-state index is 0.0847. The summed E-state index contributed by atoms with van der Waals surface area (Å²) in [5.74, 6) is -1.84. The quantitative estimate of drug-likeness (QED) is 0.662. The van der Waals surface area contributed by atoms with Crippen LogP contribution in [0.1, 0.15) is 18.0 Å². The molecule has 5 rings (SSSR count). The topological polar surface area (TPSA) is 73.8 Å². The van der Waals surface area contributed by atoms with Crippen LogP contribution in [0, 0.1) is 17.5 Å². The van der Waals surface area contributed by atoms with Gasteiger partial charge in [-0.2, -0.15) is 10.2 Å². The number of H-pyrrole nitrogens is 1. The second-order valence-corrected chi connectivity index (χ2v) is 7.64. The smallest absolute Gasteiger partial charge is 0.341 e. The highest BCUT2D eigenvalue weighted by Gasteiger charge is 2.39. The van der Waals surface area contributed by atoms with E-state index < -0.39 is 29.5 Å². The molecule has 1 saturated heterocycles. The molecular weight excluding hydrogens is 423 g/mol. The van der Waals surface area contributed by atoms with Crippen molar-refractivity contribution in [1.29, 1.82) is 0 Å². The number of nitrogens with one attached hydrogen (secondary N) is 1. The van der Waals surface area contributed by atoms with Gasteiger partial charge in [-0.25, -0.2) is 23.0 Å². The molecule has 2 aliphatic rings. The van der Waals surface area contributed by atoms with E-state index in [-0.39, 0.29) is 24.9 Å². The number of hydrazone groups is 1. The first-order chi connectivity index (χ1) is 15.5. The fraction of sp³-hybridized carbons (Fsp3) is 0.227. The van der Waals surface area contributed by atoms with E-state index in [9.17, 15) is 18.0 Å². The van der Waals surface area contributed by atoms with E-state index in [0.717, 1.165) is 17.3 Å². The van der Waals surface area contributed by atoms with E-state index in [4.69, 9.17) is 4.74 Å². The minimum Gasteiger partial charge on any atom is -0.484 e. The highest BCUT2D eigenvalue weighted by molar-refractivity contribution is 5.79. The van der Waals surface area contributed by atoms with Gasteiger partial charge in [0, 0.05) is 30.5 Å². The largest absolute Gasteiger partial charge is 0.484 e. The molecule has 32 heavy (non-hydrogen) atoms. The van der Waals surface area contributed by atoms with Crippen LogP contribution in [0.2, 0.25) is 0 Å². The Labute approximate surface area is 181 Å². The Kier molecular flexibility index (Phi) is 5.04. The second kappa shape index (κ2) is 8.03. The fourth-order valence-electron chi connectivity index (χ4n) is 3.81. The van der Waals surface area contributed by atoms with Gasteiger partial charge in [0.15, 0.2) is 11.6 Å². The van der Waals surface area contributed by atoms with Crippen LogP contribution in [0.4, 0.5) is 18.0 Å². The van der Waals surface area contributed by atoms with Crippen molar-refractivity contribution >= 4 is 12.2 Å². The SMILES string of the molecule is O=C(N1CC(Oc2cc(-c3ccn[nH]3)ccc2F)C1)N1N=CCC1c1cc(F)cc(F)c1. The van der Waals surface area contributed by atoms with Gasteiger partial charge in [0.2, 0.25) is 0 Å². The maximum absolute atomic E-state index is 14.2. The highest BCUT2D eigenvalue weighted by atomic mass is 19.1. The van der Waals surface area contributed by atoms with Gasteiger partial charge in [-0.05, 0) is 42.0 Å². The normalized spacial score (nSPS) is 18.2. The predicted octanol–water partition coefficient (Wildman–Crippen LogP) is 4.11. The monoisotopic (exact) mass is 441 g/mol. The van der Waals surface area contributed by atoms with E-state index in [1.54, 1.807) is 24.4 Å². The predicted molar refractivity (Wildman–Crippen MR) is 109 cm³/mol. The summed E-state index contributed by atoms with van der Waals surface area (Å²) in [6, 6.07) is 8.45. The van der Waals surface area contributed by atoms with Crippen LogP contribution in [0.5, 0.6) is 5.75 Å². The van der Waals surface area contributed by atoms with Crippen LogP contribution in [0.15, 0.2) is 53.8 Å². The number of urea groups is 1. The number of hydrogen-bond acceptors (Lipinski definition) is 4. The van der Waals surface area contributed by atoms with Crippen LogP contribution >= 0.6 is 0 Å². The lowest BCUT2D eigenvalue weighted by molar-refractivity contribution is 0.0257. The highest BCUT2D eigenvalue weighted by Crippen LogP contribution is 2.32. The summed E-state index contributed by atoms with van der Waals surface area (Å²) < 4.78 is 47.2. The van der Waals surface area contributed by atoms with Gasteiger partial charge >= 0.3 is 6.03 Å². The van der Waals surface area contributed by atoms with Crippen molar-refractivity contribution in [2.24, 2.45) is 5.10 Å². The zero-order chi connectivity index (χ0) is 22.2. The zero-order valence-electron chi connectivity index (χ0n) is 16.7. The molecule has 10 heteroatoms. The molecule has 1 fully saturated rings. The lowest BCUT2D eigenvalue weighted by Crippen LogP contribution is -2.58. The van der Waals surface area contributed by atoms with Crippen LogP contribution < -0.4 is 4.74 Å². The summed E-state index contributed by atoms with van der Waals surface area (Å²) in [6.07, 6.45) is 3.10. The molecule has 1 aromatic heterocycles. The maximum atomic E-state index is 14.2. The minimum atomic E-state index is -0.712. The average Bonchev–Trinajstić information content (AvgIpc) is 3.42. The number of aromatic nitrogens is 2. The Morgan fingerprint density at radius 1 is 1.06 bits per heavy atom. The number of carbonyl (C=O) groups is 1. The van der Waals surface area contributed by atoms with E-state index in [0.29, 0.717) is 12.0 Å². The van der Waals surface area contributed by atoms with Crippen LogP contribution in [-0.2, 0) is 0 Å². The Morgan fingerprint density at radius 2 is 1.84 bits per heavy atom. The molecule has 3 aromatic rings. The number of rotatable bonds is 4. The number of likely N-dealkylation sites (tertiary alicyclic amines) is 1. The number of carbonyl (C=O) groups excluding carboxylic acids is 1. The van der Waals surface area contributed by atoms with E-state index >= 15 is 0 Å². The number of ether oxygens (including phenoxy) is 1. The molecule has 1 N–H and O–H groups in total. The lowest BCUT2D eigenvalue weighted by Gasteiger charge is -2.41. The van der Waals surface area contributed by atoms with Crippen molar-refractivity contribution in [2.75, 3.05) is 13.1 Å². The summed E-state index contributed by atoms with van der Waals surface area (Å²) >= 11 is 0. The van der Waals surface area contributed by atoms with Gasteiger partial charge in [0.05, 0.1) is 24.8 Å². The summed E-state index contributed by atoms with van der Waals surface area (Å²) in [6.45, 7) is 0.478. The van der Waals surface area contributed by atoms with Gasteiger partial charge < -0.3 is 9.64 Å². The Morgan fingerprint density at radius 3 is 2.56 bits per heavy atom. The van der Waals surface area contributed by atoms with Crippen molar-refractivity contribution in [3.8, 4) is 17.0 Å². The molecule has 2 aromatic carbocycles. The molecular formula is C22H18F3N5O2. The standard InChI is InChI=1S/C22H18F3N5O2/c23-15-7-14(8-16(24)10-15)20-4-6-27-30(20)22(31)29-11-17(12-29)32-21-9-13(1-2-18(21)25)19-3-5-26-28-19/h1-3,5-10,17,20H,4,11-12H2,(H,26,28). The van der Waals surface area contributed by atoms with Gasteiger partial charge in [0.25, 0.3) is 0 Å². The molecule has 164 valence electrons. The molecule has 2 amide bonds. The van der Waals surface area contributed by atoms with Crippen LogP contribution in [0.3, 0.4) is 0 Å². The zero-order valence-corrected chi connectivity index (χ0v) is 16.7. The van der Waals surface area contributed by atoms with Crippen molar-refractivity contribution in [3.63, 3.8) is 0 Å². The third kappa shape index (κ3) is 3.79. The van der Waals surface area contributed by atoms with Crippen LogP contribution in [0.25, 0.3) is 11.3 Å². The fourth-order valence-corrected chi connectivity index (χ4v) is 3.81. The first-order valence-corrected chi connectivity index (χ1v) is 10.0. The van der Waals surface area contributed by atoms with Crippen molar-refractivity contribution in [3.05, 3.63) is 71.7 Å². The lowest BCUT2D eigenvalue weighted by atomic mass is 10.0. The molecule has 0 aliphatic carbocycles. The van der Waals surface area contributed by atoms with Gasteiger partial charge in [-0.3, -0.25) is 5.10 Å². The molecule has 0 spiro atoms. The van der Waals surface area contributed by atoms with Crippen molar-refractivity contribution < 1.29 is 22.7 Å². The molecule has 3 heterocycles. The number of hydrogen-bond donors (Lipinski definition) is 1. The Balaban J connectivity index is 1.23. The molecule has 0 bridgehead atoms. The number of amides is 2. The van der Waals surface area contributed by atoms with E-state index in [2.05, 4.69) is 15.3 Å². The summed E-state index contributed by atoms with van der Waals surface area (Å²) in [5, 5.41) is 12.0. The molecule has 1 atom stereocenters. The summed E-state index contributed by atoms with van der Waals surface area (Å²) in [5.41, 5.74) is 1.79. The van der Waals surface area contributed by atoms with Crippen molar-refractivity contribution in [2.45, 2.75) is 18.6 Å². The average molecular weight is 441 g/mol. The maximum Gasteiger partial charge on any atom is 0.341 e. The molecule has 0 radical (unpaired) electrons. The number of halogens is 3.